The van der Waals surface area contributed by atoms with E-state index in [9.17, 15) is 4.79 Å². The van der Waals surface area contributed by atoms with Gasteiger partial charge < -0.3 is 5.11 Å². The van der Waals surface area contributed by atoms with E-state index in [2.05, 4.69) is 27.0 Å². The number of rotatable bonds is 7. The smallest absolute Gasteiger partial charge is 0.327 e. The van der Waals surface area contributed by atoms with Gasteiger partial charge in [0, 0.05) is 6.08 Å². The summed E-state index contributed by atoms with van der Waals surface area (Å²) in [6.45, 7) is 11.2. The van der Waals surface area contributed by atoms with Gasteiger partial charge in [0.15, 0.2) is 0 Å². The molecule has 88 valence electrons. The lowest BCUT2D eigenvalue weighted by Gasteiger charge is -2.10. The van der Waals surface area contributed by atoms with E-state index < -0.39 is 5.97 Å². The first-order valence-corrected chi connectivity index (χ1v) is 5.58. The maximum Gasteiger partial charge on any atom is 0.327 e. The summed E-state index contributed by atoms with van der Waals surface area (Å²) in [6, 6.07) is 0. The van der Waals surface area contributed by atoms with Crippen molar-refractivity contribution in [3.8, 4) is 0 Å². The number of carboxylic acids is 1. The van der Waals surface area contributed by atoms with Gasteiger partial charge in [-0.15, -0.1) is 6.58 Å². The molecule has 0 aromatic carbocycles. The average molecular weight is 212 g/mol. The van der Waals surface area contributed by atoms with Crippen LogP contribution in [0.2, 0.25) is 0 Å². The van der Waals surface area contributed by atoms with Crippen LogP contribution in [0.5, 0.6) is 0 Å². The minimum atomic E-state index is -0.981. The number of allylic oxidation sites excluding steroid dienone is 1. The van der Waals surface area contributed by atoms with Crippen LogP contribution in [0.15, 0.2) is 25.3 Å². The number of unbranched alkanes of at least 4 members (excludes halogenated alkanes) is 1. The molecule has 0 heterocycles. The number of aliphatic carboxylic acids is 1. The lowest BCUT2D eigenvalue weighted by molar-refractivity contribution is -0.131. The maximum atomic E-state index is 9.25. The number of carbonyl (C=O) groups is 1. The molecule has 0 saturated heterocycles. The van der Waals surface area contributed by atoms with E-state index in [0.29, 0.717) is 0 Å². The molecule has 0 bridgehead atoms. The Balaban J connectivity index is 0. The predicted molar refractivity (Wildman–Crippen MR) is 66.0 cm³/mol. The van der Waals surface area contributed by atoms with Crippen LogP contribution in [0, 0.1) is 5.92 Å². The van der Waals surface area contributed by atoms with Gasteiger partial charge in [-0.05, 0) is 12.3 Å². The molecule has 0 aromatic heterocycles. The van der Waals surface area contributed by atoms with E-state index in [-0.39, 0.29) is 0 Å². The Morgan fingerprint density at radius 1 is 1.40 bits per heavy atom. The van der Waals surface area contributed by atoms with Crippen LogP contribution in [-0.4, -0.2) is 11.1 Å². The van der Waals surface area contributed by atoms with Gasteiger partial charge >= 0.3 is 5.97 Å². The minimum Gasteiger partial charge on any atom is -0.478 e. The van der Waals surface area contributed by atoms with Gasteiger partial charge in [-0.3, -0.25) is 0 Å². The zero-order valence-corrected chi connectivity index (χ0v) is 10.0. The molecule has 0 rings (SSSR count). The second-order valence-electron chi connectivity index (χ2n) is 3.48. The largest absolute Gasteiger partial charge is 0.478 e. The summed E-state index contributed by atoms with van der Waals surface area (Å²) in [7, 11) is 0. The van der Waals surface area contributed by atoms with Crippen molar-refractivity contribution >= 4 is 5.97 Å². The van der Waals surface area contributed by atoms with Crippen molar-refractivity contribution in [2.75, 3.05) is 0 Å². The van der Waals surface area contributed by atoms with E-state index in [1.807, 2.05) is 6.08 Å². The van der Waals surface area contributed by atoms with Crippen LogP contribution in [0.4, 0.5) is 0 Å². The normalized spacial score (nSPS) is 10.8. The first-order chi connectivity index (χ1) is 7.12. The molecule has 0 aliphatic heterocycles. The Morgan fingerprint density at radius 3 is 2.20 bits per heavy atom. The highest BCUT2D eigenvalue weighted by molar-refractivity contribution is 5.78. The first kappa shape index (κ1) is 16.4. The third-order valence-electron chi connectivity index (χ3n) is 2.22. The van der Waals surface area contributed by atoms with E-state index in [1.54, 1.807) is 0 Å². The van der Waals surface area contributed by atoms with Crippen LogP contribution in [-0.2, 0) is 4.79 Å². The second-order valence-corrected chi connectivity index (χ2v) is 3.48. The molecule has 0 amide bonds. The Hall–Kier alpha value is -1.05. The fourth-order valence-corrected chi connectivity index (χ4v) is 1.22. The lowest BCUT2D eigenvalue weighted by Crippen LogP contribution is -1.95. The van der Waals surface area contributed by atoms with E-state index in [4.69, 9.17) is 5.11 Å². The highest BCUT2D eigenvalue weighted by Crippen LogP contribution is 2.16. The van der Waals surface area contributed by atoms with Crippen LogP contribution >= 0.6 is 0 Å². The van der Waals surface area contributed by atoms with E-state index >= 15 is 0 Å². The summed E-state index contributed by atoms with van der Waals surface area (Å²) < 4.78 is 0. The Morgan fingerprint density at radius 2 is 1.93 bits per heavy atom. The van der Waals surface area contributed by atoms with Crippen LogP contribution in [0.1, 0.15) is 46.0 Å². The number of hydrogen-bond donors (Lipinski definition) is 1. The molecule has 0 aliphatic rings. The Labute approximate surface area is 93.7 Å². The molecule has 0 spiro atoms. The fraction of sp³-hybridized carbons (Fsp3) is 0.615. The molecule has 1 unspecified atom stereocenters. The van der Waals surface area contributed by atoms with Gasteiger partial charge in [0.1, 0.15) is 0 Å². The molecule has 15 heavy (non-hydrogen) atoms. The molecule has 2 nitrogen and oxygen atoms in total. The summed E-state index contributed by atoms with van der Waals surface area (Å²) in [5.41, 5.74) is 0. The van der Waals surface area contributed by atoms with Crippen molar-refractivity contribution in [2.45, 2.75) is 46.0 Å². The Kier molecular flexibility index (Phi) is 14.1. The molecule has 0 saturated carbocycles. The van der Waals surface area contributed by atoms with Gasteiger partial charge in [-0.25, -0.2) is 4.79 Å². The fourth-order valence-electron chi connectivity index (χ4n) is 1.22. The average Bonchev–Trinajstić information content (AvgIpc) is 2.25. The highest BCUT2D eigenvalue weighted by atomic mass is 16.4. The predicted octanol–water partition coefficient (Wildman–Crippen LogP) is 4.04. The third kappa shape index (κ3) is 15.7. The van der Waals surface area contributed by atoms with E-state index in [0.717, 1.165) is 12.0 Å². The maximum absolute atomic E-state index is 9.25. The van der Waals surface area contributed by atoms with E-state index in [1.165, 1.54) is 32.1 Å². The van der Waals surface area contributed by atoms with Crippen molar-refractivity contribution < 1.29 is 9.90 Å². The van der Waals surface area contributed by atoms with Crippen LogP contribution < -0.4 is 0 Å². The van der Waals surface area contributed by atoms with Crippen molar-refractivity contribution in [2.24, 2.45) is 5.92 Å². The topological polar surface area (TPSA) is 37.3 Å². The molecule has 1 atom stereocenters. The van der Waals surface area contributed by atoms with Crippen molar-refractivity contribution in [1.82, 2.24) is 0 Å². The van der Waals surface area contributed by atoms with Gasteiger partial charge in [-0.1, -0.05) is 52.2 Å². The number of carboxylic acid groups (broad SMARTS) is 1. The monoisotopic (exact) mass is 212 g/mol. The molecule has 0 aromatic rings. The van der Waals surface area contributed by atoms with Crippen LogP contribution in [0.3, 0.4) is 0 Å². The molecule has 2 heteroatoms. The molecule has 0 radical (unpaired) electrons. The SMILES string of the molecule is C=CC(=O)O.C=CCC(CC)CCCC. The van der Waals surface area contributed by atoms with Crippen molar-refractivity contribution in [1.29, 1.82) is 0 Å². The van der Waals surface area contributed by atoms with Gasteiger partial charge in [0.05, 0.1) is 0 Å². The molecule has 1 N–H and O–H groups in total. The quantitative estimate of drug-likeness (QED) is 0.511. The zero-order chi connectivity index (χ0) is 12.1. The minimum absolute atomic E-state index is 0.833. The van der Waals surface area contributed by atoms with Crippen molar-refractivity contribution in [3.63, 3.8) is 0 Å². The second kappa shape index (κ2) is 12.9. The third-order valence-corrected chi connectivity index (χ3v) is 2.22. The number of hydrogen-bond acceptors (Lipinski definition) is 1. The zero-order valence-electron chi connectivity index (χ0n) is 10.0. The van der Waals surface area contributed by atoms with Gasteiger partial charge in [0.25, 0.3) is 0 Å². The van der Waals surface area contributed by atoms with Crippen LogP contribution in [0.25, 0.3) is 0 Å². The van der Waals surface area contributed by atoms with Crippen molar-refractivity contribution in [3.05, 3.63) is 25.3 Å². The Bertz CT molecular complexity index is 173. The molecule has 0 aliphatic carbocycles. The summed E-state index contributed by atoms with van der Waals surface area (Å²) in [6.07, 6.45) is 9.49. The standard InChI is InChI=1S/C10H20.C3H4O2/c1-4-7-9-10(6-3)8-5-2;1-2-3(4)5/h5,10H,2,4,6-9H2,1,3H3;2H,1H2,(H,4,5). The lowest BCUT2D eigenvalue weighted by atomic mass is 9.96. The van der Waals surface area contributed by atoms with Gasteiger partial charge in [0.2, 0.25) is 0 Å². The first-order valence-electron chi connectivity index (χ1n) is 5.58. The summed E-state index contributed by atoms with van der Waals surface area (Å²) in [5.74, 6) is -0.0811. The molecular weight excluding hydrogens is 188 g/mol. The highest BCUT2D eigenvalue weighted by Gasteiger charge is 2.01. The summed E-state index contributed by atoms with van der Waals surface area (Å²) in [4.78, 5) is 9.25. The van der Waals surface area contributed by atoms with Gasteiger partial charge in [-0.2, -0.15) is 0 Å². The molecule has 0 fully saturated rings. The summed E-state index contributed by atoms with van der Waals surface area (Å²) >= 11 is 0. The molecular formula is C13H24O2. The summed E-state index contributed by atoms with van der Waals surface area (Å²) in [5, 5.41) is 7.60.